The lowest BCUT2D eigenvalue weighted by atomic mass is 10.00. The summed E-state index contributed by atoms with van der Waals surface area (Å²) in [7, 11) is 5.81. The lowest BCUT2D eigenvalue weighted by Gasteiger charge is -2.31. The highest BCUT2D eigenvalue weighted by Crippen LogP contribution is 2.30. The fourth-order valence-electron chi connectivity index (χ4n) is 3.52. The van der Waals surface area contributed by atoms with E-state index >= 15 is 0 Å². The fraction of sp³-hybridized carbons (Fsp3) is 0.429. The summed E-state index contributed by atoms with van der Waals surface area (Å²) in [4.78, 5) is 22.0. The van der Waals surface area contributed by atoms with Crippen LogP contribution in [0.4, 0.5) is 11.5 Å². The number of hydrazine groups is 1. The summed E-state index contributed by atoms with van der Waals surface area (Å²) in [6.07, 6.45) is 0.759. The van der Waals surface area contributed by atoms with E-state index in [9.17, 15) is 4.79 Å². The van der Waals surface area contributed by atoms with E-state index in [0.29, 0.717) is 24.7 Å². The van der Waals surface area contributed by atoms with Crippen molar-refractivity contribution in [2.45, 2.75) is 26.7 Å². The molecule has 1 amide bonds. The molecule has 3 heterocycles. The minimum atomic E-state index is 0.241. The first-order chi connectivity index (χ1) is 14.6. The van der Waals surface area contributed by atoms with Gasteiger partial charge in [-0.3, -0.25) is 14.5 Å². The molecule has 0 N–H and O–H groups in total. The van der Waals surface area contributed by atoms with Crippen molar-refractivity contribution < 1.29 is 4.79 Å². The van der Waals surface area contributed by atoms with Crippen LogP contribution in [0.1, 0.15) is 31.0 Å². The number of carbonyl (C=O) groups is 1. The lowest BCUT2D eigenvalue weighted by Crippen LogP contribution is -2.42. The van der Waals surface area contributed by atoms with Crippen LogP contribution in [0.5, 0.6) is 0 Å². The molecule has 0 aromatic carbocycles. The Morgan fingerprint density at radius 3 is 2.32 bits per heavy atom. The third kappa shape index (κ3) is 4.92. The minimum Gasteiger partial charge on any atom is -0.313 e. The van der Waals surface area contributed by atoms with E-state index in [-0.39, 0.29) is 10.3 Å². The summed E-state index contributed by atoms with van der Waals surface area (Å²) < 4.78 is 1.82. The number of aromatic nitrogens is 4. The van der Waals surface area contributed by atoms with Crippen LogP contribution in [0.2, 0.25) is 10.3 Å². The highest BCUT2D eigenvalue weighted by atomic mass is 35.5. The number of pyridine rings is 2. The van der Waals surface area contributed by atoms with Crippen molar-refractivity contribution in [1.29, 1.82) is 0 Å². The number of hydrogen-bond donors (Lipinski definition) is 0. The zero-order valence-electron chi connectivity index (χ0n) is 18.6. The van der Waals surface area contributed by atoms with Gasteiger partial charge in [-0.25, -0.2) is 15.0 Å². The number of rotatable bonds is 8. The molecule has 0 aliphatic rings. The summed E-state index contributed by atoms with van der Waals surface area (Å²) in [5.41, 5.74) is 3.64. The molecule has 0 spiro atoms. The fourth-order valence-corrected chi connectivity index (χ4v) is 3.97. The summed E-state index contributed by atoms with van der Waals surface area (Å²) >= 11 is 11.9. The maximum atomic E-state index is 11.7. The van der Waals surface area contributed by atoms with Crippen molar-refractivity contribution in [3.05, 3.63) is 39.8 Å². The van der Waals surface area contributed by atoms with Crippen LogP contribution in [0, 0.1) is 6.92 Å². The average Bonchev–Trinajstić information content (AvgIpc) is 3.00. The van der Waals surface area contributed by atoms with Crippen molar-refractivity contribution >= 4 is 52.2 Å². The lowest BCUT2D eigenvalue weighted by molar-refractivity contribution is -0.107. The van der Waals surface area contributed by atoms with E-state index in [2.05, 4.69) is 30.0 Å². The Bertz CT molecular complexity index is 1080. The normalized spacial score (nSPS) is 11.5. The van der Waals surface area contributed by atoms with Crippen LogP contribution in [0.25, 0.3) is 11.0 Å². The zero-order chi connectivity index (χ0) is 22.9. The molecule has 3 aromatic rings. The van der Waals surface area contributed by atoms with Crippen molar-refractivity contribution in [3.63, 3.8) is 0 Å². The van der Waals surface area contributed by atoms with Crippen molar-refractivity contribution in [2.24, 2.45) is 7.05 Å². The molecule has 0 radical (unpaired) electrons. The Morgan fingerprint density at radius 1 is 1.10 bits per heavy atom. The number of anilines is 2. The highest BCUT2D eigenvalue weighted by molar-refractivity contribution is 6.32. The van der Waals surface area contributed by atoms with Crippen LogP contribution in [-0.4, -0.2) is 58.4 Å². The second kappa shape index (κ2) is 9.38. The van der Waals surface area contributed by atoms with E-state index in [1.807, 2.05) is 42.8 Å². The van der Waals surface area contributed by atoms with E-state index in [0.717, 1.165) is 29.0 Å². The van der Waals surface area contributed by atoms with Gasteiger partial charge in [0.15, 0.2) is 5.65 Å². The number of aryl methyl sites for hydroxylation is 2. The van der Waals surface area contributed by atoms with Gasteiger partial charge >= 0.3 is 0 Å². The molecule has 8 nitrogen and oxygen atoms in total. The third-order valence-electron chi connectivity index (χ3n) is 5.32. The predicted octanol–water partition coefficient (Wildman–Crippen LogP) is 4.05. The number of carbonyl (C=O) groups excluding carboxylic acids is 1. The van der Waals surface area contributed by atoms with Gasteiger partial charge in [-0.2, -0.15) is 5.10 Å². The van der Waals surface area contributed by atoms with Gasteiger partial charge in [-0.15, -0.1) is 0 Å². The maximum absolute atomic E-state index is 11.7. The van der Waals surface area contributed by atoms with Crippen LogP contribution >= 0.6 is 23.2 Å². The van der Waals surface area contributed by atoms with Crippen LogP contribution in [-0.2, 0) is 11.8 Å². The molecule has 0 bridgehead atoms. The van der Waals surface area contributed by atoms with Gasteiger partial charge in [-0.1, -0.05) is 37.0 Å². The van der Waals surface area contributed by atoms with Crippen molar-refractivity contribution in [2.75, 3.05) is 37.1 Å². The molecule has 3 rings (SSSR count). The summed E-state index contributed by atoms with van der Waals surface area (Å²) in [5, 5.41) is 10.1. The van der Waals surface area contributed by atoms with Gasteiger partial charge < -0.3 is 4.90 Å². The first-order valence-corrected chi connectivity index (χ1v) is 10.7. The molecule has 0 fully saturated rings. The first-order valence-electron chi connectivity index (χ1n) is 9.96. The smallest absolute Gasteiger partial charge is 0.214 e. The van der Waals surface area contributed by atoms with Crippen molar-refractivity contribution in [1.82, 2.24) is 24.8 Å². The summed E-state index contributed by atoms with van der Waals surface area (Å²) in [5.74, 6) is 1.15. The Hall–Kier alpha value is -2.42. The van der Waals surface area contributed by atoms with Gasteiger partial charge in [-0.05, 0) is 36.6 Å². The largest absolute Gasteiger partial charge is 0.313 e. The molecule has 0 saturated heterocycles. The highest BCUT2D eigenvalue weighted by Gasteiger charge is 2.19. The Morgan fingerprint density at radius 2 is 1.74 bits per heavy atom. The number of halogens is 2. The van der Waals surface area contributed by atoms with Gasteiger partial charge in [0.05, 0.1) is 5.69 Å². The number of amides is 1. The molecule has 0 aliphatic heterocycles. The number of hydrogen-bond acceptors (Lipinski definition) is 6. The number of fused-ring (bicyclic) bond motifs is 1. The van der Waals surface area contributed by atoms with Gasteiger partial charge in [0, 0.05) is 45.3 Å². The number of nitrogens with zero attached hydrogens (tertiary/aromatic N) is 7. The quantitative estimate of drug-likeness (QED) is 0.285. The molecule has 31 heavy (non-hydrogen) atoms. The molecular formula is C21H27Cl2N7O. The predicted molar refractivity (Wildman–Crippen MR) is 126 cm³/mol. The first kappa shape index (κ1) is 23.2. The monoisotopic (exact) mass is 463 g/mol. The molecule has 0 unspecified atom stereocenters. The molecule has 0 aliphatic carbocycles. The Labute approximate surface area is 192 Å². The Kier molecular flexibility index (Phi) is 7.03. The zero-order valence-corrected chi connectivity index (χ0v) is 20.1. The maximum Gasteiger partial charge on any atom is 0.214 e. The third-order valence-corrected chi connectivity index (χ3v) is 5.71. The van der Waals surface area contributed by atoms with Crippen LogP contribution < -0.4 is 9.91 Å². The average molecular weight is 464 g/mol. The topological polar surface area (TPSA) is 70.4 Å². The van der Waals surface area contributed by atoms with Crippen LogP contribution in [0.3, 0.4) is 0 Å². The SMILES string of the molecule is Cc1nn(C)c2nc(N(C)N(C)CCN(C=O)c3cc(Cl)nc(Cl)c3)cc(C(C)C)c12. The summed E-state index contributed by atoms with van der Waals surface area (Å²) in [6, 6.07) is 5.33. The molecule has 10 heteroatoms. The van der Waals surface area contributed by atoms with Gasteiger partial charge in [0.25, 0.3) is 0 Å². The summed E-state index contributed by atoms with van der Waals surface area (Å²) in [6.45, 7) is 7.35. The van der Waals surface area contributed by atoms with Gasteiger partial charge in [0.2, 0.25) is 6.41 Å². The molecule has 0 saturated carbocycles. The second-order valence-electron chi connectivity index (χ2n) is 7.81. The van der Waals surface area contributed by atoms with E-state index < -0.39 is 0 Å². The van der Waals surface area contributed by atoms with E-state index in [1.54, 1.807) is 17.0 Å². The second-order valence-corrected chi connectivity index (χ2v) is 8.58. The number of likely N-dealkylation sites (N-methyl/N-ethyl adjacent to an activating group) is 1. The molecule has 3 aromatic heterocycles. The van der Waals surface area contributed by atoms with Crippen molar-refractivity contribution in [3.8, 4) is 0 Å². The molecular weight excluding hydrogens is 437 g/mol. The van der Waals surface area contributed by atoms with E-state index in [4.69, 9.17) is 28.2 Å². The Balaban J connectivity index is 1.82. The molecule has 166 valence electrons. The standard InChI is InChI=1S/C21H27Cl2N7O/c1-13(2)16-11-19(25-21-20(16)14(3)26-28(21)5)29(6)27(4)7-8-30(12-31)15-9-17(22)24-18(23)10-15/h9-13H,7-8H2,1-6H3. The minimum absolute atomic E-state index is 0.241. The molecule has 0 atom stereocenters. The van der Waals surface area contributed by atoms with Crippen LogP contribution in [0.15, 0.2) is 18.2 Å². The van der Waals surface area contributed by atoms with E-state index in [1.165, 1.54) is 5.56 Å². The van der Waals surface area contributed by atoms with Gasteiger partial charge in [0.1, 0.15) is 16.1 Å².